The number of rotatable bonds is 5. The highest BCUT2D eigenvalue weighted by Crippen LogP contribution is 2.21. The molecule has 1 fully saturated rings. The number of aliphatic hydroxyl groups excluding tert-OH is 1. The Morgan fingerprint density at radius 3 is 2.47 bits per heavy atom. The first-order chi connectivity index (χ1) is 9.19. The quantitative estimate of drug-likeness (QED) is 0.885. The largest absolute Gasteiger partial charge is 0.387 e. The minimum absolute atomic E-state index is 0.375. The smallest absolute Gasteiger partial charge is 0.0916 e. The van der Waals surface area contributed by atoms with Gasteiger partial charge >= 0.3 is 0 Å². The molecule has 1 N–H and O–H groups in total. The zero-order valence-electron chi connectivity index (χ0n) is 12.0. The Kier molecular flexibility index (Phi) is 5.37. The van der Waals surface area contributed by atoms with Crippen LogP contribution in [-0.2, 0) is 4.74 Å². The van der Waals surface area contributed by atoms with E-state index in [4.69, 9.17) is 4.74 Å². The van der Waals surface area contributed by atoms with E-state index in [0.717, 1.165) is 31.8 Å². The number of nitrogens with zero attached hydrogens (tertiary/aromatic N) is 1. The van der Waals surface area contributed by atoms with Gasteiger partial charge in [-0.3, -0.25) is 0 Å². The van der Waals surface area contributed by atoms with E-state index < -0.39 is 0 Å². The summed E-state index contributed by atoms with van der Waals surface area (Å²) >= 11 is 0. The summed E-state index contributed by atoms with van der Waals surface area (Å²) in [4.78, 5) is 2.36. The molecule has 1 aliphatic rings. The van der Waals surface area contributed by atoms with E-state index in [1.165, 1.54) is 18.4 Å². The van der Waals surface area contributed by atoms with E-state index in [1.807, 2.05) is 12.1 Å². The first-order valence-electron chi connectivity index (χ1n) is 7.15. The molecule has 3 nitrogen and oxygen atoms in total. The number of piperidine rings is 1. The van der Waals surface area contributed by atoms with Crippen molar-refractivity contribution in [2.24, 2.45) is 5.92 Å². The summed E-state index contributed by atoms with van der Waals surface area (Å²) in [6.45, 7) is 5.81. The topological polar surface area (TPSA) is 32.7 Å². The Bertz CT molecular complexity index is 369. The molecule has 1 aliphatic heterocycles. The number of likely N-dealkylation sites (tertiary alicyclic amines) is 1. The van der Waals surface area contributed by atoms with Crippen LogP contribution in [0.15, 0.2) is 24.3 Å². The fourth-order valence-electron chi connectivity index (χ4n) is 2.71. The fourth-order valence-corrected chi connectivity index (χ4v) is 2.71. The molecular weight excluding hydrogens is 238 g/mol. The van der Waals surface area contributed by atoms with Crippen molar-refractivity contribution in [2.75, 3.05) is 33.4 Å². The van der Waals surface area contributed by atoms with Crippen LogP contribution in [0.2, 0.25) is 0 Å². The Hall–Kier alpha value is -0.900. The van der Waals surface area contributed by atoms with Crippen LogP contribution in [0.4, 0.5) is 0 Å². The Morgan fingerprint density at radius 2 is 1.89 bits per heavy atom. The summed E-state index contributed by atoms with van der Waals surface area (Å²) in [7, 11) is 1.77. The van der Waals surface area contributed by atoms with Gasteiger partial charge in [-0.25, -0.2) is 0 Å². The highest BCUT2D eigenvalue weighted by atomic mass is 16.5. The average Bonchev–Trinajstić information content (AvgIpc) is 2.42. The lowest BCUT2D eigenvalue weighted by Crippen LogP contribution is -2.37. The van der Waals surface area contributed by atoms with Crippen molar-refractivity contribution in [2.45, 2.75) is 25.9 Å². The zero-order chi connectivity index (χ0) is 13.7. The molecule has 3 heteroatoms. The molecule has 0 bridgehead atoms. The molecule has 1 aromatic rings. The molecule has 1 unspecified atom stereocenters. The van der Waals surface area contributed by atoms with Gasteiger partial charge in [-0.05, 0) is 44.3 Å². The van der Waals surface area contributed by atoms with Crippen LogP contribution in [0, 0.1) is 12.8 Å². The van der Waals surface area contributed by atoms with Crippen LogP contribution in [-0.4, -0.2) is 43.4 Å². The number of β-amino-alcohol motifs (C(OH)–C–C–N with tert-alkyl or cyclic N) is 1. The summed E-state index contributed by atoms with van der Waals surface area (Å²) in [5, 5.41) is 10.3. The van der Waals surface area contributed by atoms with Crippen LogP contribution in [0.1, 0.15) is 30.1 Å². The number of ether oxygens (including phenoxy) is 1. The fraction of sp³-hybridized carbons (Fsp3) is 0.625. The standard InChI is InChI=1S/C16H25NO2/c1-13-3-5-15(6-4-13)16(18)11-17-9-7-14(8-10-17)12-19-2/h3-6,14,16,18H,7-12H2,1-2H3. The second-order valence-electron chi connectivity index (χ2n) is 5.63. The van der Waals surface area contributed by atoms with Crippen LogP contribution >= 0.6 is 0 Å². The molecular formula is C16H25NO2. The van der Waals surface area contributed by atoms with Crippen molar-refractivity contribution in [1.29, 1.82) is 0 Å². The molecule has 0 aromatic heterocycles. The molecule has 0 amide bonds. The summed E-state index contributed by atoms with van der Waals surface area (Å²) in [5.74, 6) is 0.692. The third-order valence-corrected chi connectivity index (χ3v) is 4.00. The molecule has 0 spiro atoms. The van der Waals surface area contributed by atoms with Crippen molar-refractivity contribution < 1.29 is 9.84 Å². The minimum atomic E-state index is -0.375. The molecule has 0 aliphatic carbocycles. The van der Waals surface area contributed by atoms with Gasteiger partial charge in [0.05, 0.1) is 6.10 Å². The van der Waals surface area contributed by atoms with Crippen molar-refractivity contribution in [3.05, 3.63) is 35.4 Å². The van der Waals surface area contributed by atoms with Gasteiger partial charge in [-0.2, -0.15) is 0 Å². The number of benzene rings is 1. The van der Waals surface area contributed by atoms with Crippen LogP contribution in [0.5, 0.6) is 0 Å². The lowest BCUT2D eigenvalue weighted by atomic mass is 9.97. The molecule has 0 saturated carbocycles. The lowest BCUT2D eigenvalue weighted by molar-refractivity contribution is 0.0657. The van der Waals surface area contributed by atoms with Gasteiger partial charge in [0.1, 0.15) is 0 Å². The lowest BCUT2D eigenvalue weighted by Gasteiger charge is -2.32. The van der Waals surface area contributed by atoms with Crippen molar-refractivity contribution in [3.63, 3.8) is 0 Å². The Balaban J connectivity index is 1.80. The number of hydrogen-bond donors (Lipinski definition) is 1. The van der Waals surface area contributed by atoms with E-state index in [0.29, 0.717) is 5.92 Å². The third-order valence-electron chi connectivity index (χ3n) is 4.00. The molecule has 1 saturated heterocycles. The van der Waals surface area contributed by atoms with Crippen molar-refractivity contribution in [3.8, 4) is 0 Å². The van der Waals surface area contributed by atoms with Gasteiger partial charge in [0.25, 0.3) is 0 Å². The second kappa shape index (κ2) is 7.04. The zero-order valence-corrected chi connectivity index (χ0v) is 12.0. The monoisotopic (exact) mass is 263 g/mol. The second-order valence-corrected chi connectivity index (χ2v) is 5.63. The van der Waals surface area contributed by atoms with Crippen LogP contribution < -0.4 is 0 Å². The molecule has 2 rings (SSSR count). The maximum absolute atomic E-state index is 10.3. The summed E-state index contributed by atoms with van der Waals surface area (Å²) < 4.78 is 5.21. The molecule has 0 radical (unpaired) electrons. The minimum Gasteiger partial charge on any atom is -0.387 e. The molecule has 106 valence electrons. The molecule has 1 aromatic carbocycles. The van der Waals surface area contributed by atoms with Gasteiger partial charge < -0.3 is 14.7 Å². The molecule has 1 atom stereocenters. The average molecular weight is 263 g/mol. The number of hydrogen-bond acceptors (Lipinski definition) is 3. The first kappa shape index (κ1) is 14.5. The summed E-state index contributed by atoms with van der Waals surface area (Å²) in [5.41, 5.74) is 2.25. The highest BCUT2D eigenvalue weighted by Gasteiger charge is 2.21. The van der Waals surface area contributed by atoms with Crippen LogP contribution in [0.25, 0.3) is 0 Å². The predicted octanol–water partition coefficient (Wildman–Crippen LogP) is 2.39. The normalized spacial score (nSPS) is 19.5. The van der Waals surface area contributed by atoms with Gasteiger partial charge in [0.15, 0.2) is 0 Å². The van der Waals surface area contributed by atoms with Gasteiger partial charge in [-0.1, -0.05) is 29.8 Å². The van der Waals surface area contributed by atoms with E-state index in [9.17, 15) is 5.11 Å². The van der Waals surface area contributed by atoms with E-state index >= 15 is 0 Å². The van der Waals surface area contributed by atoms with E-state index in [-0.39, 0.29) is 6.10 Å². The maximum Gasteiger partial charge on any atom is 0.0916 e. The summed E-state index contributed by atoms with van der Waals surface area (Å²) in [6, 6.07) is 8.17. The van der Waals surface area contributed by atoms with Crippen molar-refractivity contribution >= 4 is 0 Å². The third kappa shape index (κ3) is 4.30. The summed E-state index contributed by atoms with van der Waals surface area (Å²) in [6.07, 6.45) is 1.97. The Morgan fingerprint density at radius 1 is 1.26 bits per heavy atom. The van der Waals surface area contributed by atoms with Crippen LogP contribution in [0.3, 0.4) is 0 Å². The van der Waals surface area contributed by atoms with E-state index in [2.05, 4.69) is 24.0 Å². The highest BCUT2D eigenvalue weighted by molar-refractivity contribution is 5.23. The van der Waals surface area contributed by atoms with Gasteiger partial charge in [0, 0.05) is 20.3 Å². The van der Waals surface area contributed by atoms with Gasteiger partial charge in [0.2, 0.25) is 0 Å². The number of aryl methyl sites for hydroxylation is 1. The predicted molar refractivity (Wildman–Crippen MR) is 77.2 cm³/mol. The van der Waals surface area contributed by atoms with Gasteiger partial charge in [-0.15, -0.1) is 0 Å². The SMILES string of the molecule is COCC1CCN(CC(O)c2ccc(C)cc2)CC1. The number of aliphatic hydroxyl groups is 1. The first-order valence-corrected chi connectivity index (χ1v) is 7.15. The molecule has 1 heterocycles. The Labute approximate surface area is 116 Å². The maximum atomic E-state index is 10.3. The molecule has 19 heavy (non-hydrogen) atoms. The number of methoxy groups -OCH3 is 1. The van der Waals surface area contributed by atoms with Crippen molar-refractivity contribution in [1.82, 2.24) is 4.90 Å². The van der Waals surface area contributed by atoms with E-state index in [1.54, 1.807) is 7.11 Å².